The molecule has 1 aromatic heterocycles. The Hall–Kier alpha value is -0.860. The molecule has 1 aliphatic rings. The Morgan fingerprint density at radius 1 is 1.31 bits per heavy atom. The normalized spacial score (nSPS) is 21.6. The number of hydrogen-bond acceptors (Lipinski definition) is 1. The summed E-state index contributed by atoms with van der Waals surface area (Å²) in [6.07, 6.45) is 8.17. The molecule has 0 radical (unpaired) electrons. The van der Waals surface area contributed by atoms with Crippen LogP contribution in [0.4, 0.5) is 4.39 Å². The number of hydrogen-bond donors (Lipinski definition) is 0. The molecule has 0 amide bonds. The summed E-state index contributed by atoms with van der Waals surface area (Å²) in [5.41, 5.74) is -0.996. The largest absolute Gasteiger partial charge is 0.270 e. The van der Waals surface area contributed by atoms with Gasteiger partial charge in [-0.05, 0) is 18.9 Å². The lowest BCUT2D eigenvalue weighted by Crippen LogP contribution is -2.31. The molecule has 0 atom stereocenters. The third-order valence-corrected chi connectivity index (χ3v) is 2.75. The van der Waals surface area contributed by atoms with Gasteiger partial charge in [-0.25, -0.2) is 4.39 Å². The monoisotopic (exact) mass is 182 g/mol. The Morgan fingerprint density at radius 3 is 2.69 bits per heavy atom. The molecular formula is C10H15FN2. The van der Waals surface area contributed by atoms with Gasteiger partial charge in [0, 0.05) is 12.4 Å². The van der Waals surface area contributed by atoms with E-state index >= 15 is 0 Å². The summed E-state index contributed by atoms with van der Waals surface area (Å²) < 4.78 is 15.8. The maximum Gasteiger partial charge on any atom is 0.130 e. The summed E-state index contributed by atoms with van der Waals surface area (Å²) in [5, 5.41) is 4.03. The SMILES string of the molecule is FC1(Cn2cccn2)CCCCC1. The fraction of sp³-hybridized carbons (Fsp3) is 0.700. The highest BCUT2D eigenvalue weighted by Crippen LogP contribution is 2.32. The number of halogens is 1. The third-order valence-electron chi connectivity index (χ3n) is 2.75. The first kappa shape index (κ1) is 8.73. The predicted molar refractivity (Wildman–Crippen MR) is 49.2 cm³/mol. The van der Waals surface area contributed by atoms with Crippen molar-refractivity contribution in [3.05, 3.63) is 18.5 Å². The average molecular weight is 182 g/mol. The first-order valence-electron chi connectivity index (χ1n) is 4.95. The van der Waals surface area contributed by atoms with Gasteiger partial charge in [0.2, 0.25) is 0 Å². The Morgan fingerprint density at radius 2 is 2.08 bits per heavy atom. The summed E-state index contributed by atoms with van der Waals surface area (Å²) in [6.45, 7) is 0.431. The molecule has 0 N–H and O–H groups in total. The first-order valence-corrected chi connectivity index (χ1v) is 4.95. The standard InChI is InChI=1S/C10H15FN2/c11-10(5-2-1-3-6-10)9-13-8-4-7-12-13/h4,7-8H,1-3,5-6,9H2. The van der Waals surface area contributed by atoms with Crippen LogP contribution in [-0.4, -0.2) is 15.4 Å². The van der Waals surface area contributed by atoms with E-state index in [1.807, 2.05) is 12.3 Å². The molecule has 0 aliphatic heterocycles. The van der Waals surface area contributed by atoms with E-state index in [1.54, 1.807) is 10.9 Å². The number of aromatic nitrogens is 2. The van der Waals surface area contributed by atoms with Gasteiger partial charge in [-0.15, -0.1) is 0 Å². The average Bonchev–Trinajstić information content (AvgIpc) is 2.57. The zero-order chi connectivity index (χ0) is 9.15. The summed E-state index contributed by atoms with van der Waals surface area (Å²) in [4.78, 5) is 0. The van der Waals surface area contributed by atoms with Crippen LogP contribution in [-0.2, 0) is 6.54 Å². The van der Waals surface area contributed by atoms with Gasteiger partial charge in [0.05, 0.1) is 6.54 Å². The molecule has 0 spiro atoms. The Bertz CT molecular complexity index is 250. The molecule has 2 nitrogen and oxygen atoms in total. The van der Waals surface area contributed by atoms with E-state index in [0.29, 0.717) is 19.4 Å². The van der Waals surface area contributed by atoms with Crippen LogP contribution in [0.2, 0.25) is 0 Å². The van der Waals surface area contributed by atoms with Crippen molar-refractivity contribution in [1.82, 2.24) is 9.78 Å². The fourth-order valence-corrected chi connectivity index (χ4v) is 2.03. The molecule has 2 rings (SSSR count). The topological polar surface area (TPSA) is 17.8 Å². The van der Waals surface area contributed by atoms with Crippen LogP contribution in [0.5, 0.6) is 0 Å². The van der Waals surface area contributed by atoms with Crippen LogP contribution in [0.15, 0.2) is 18.5 Å². The molecule has 0 unspecified atom stereocenters. The number of nitrogens with zero attached hydrogens (tertiary/aromatic N) is 2. The second kappa shape index (κ2) is 3.48. The minimum absolute atomic E-state index is 0.431. The van der Waals surface area contributed by atoms with Crippen LogP contribution in [0.25, 0.3) is 0 Å². The third kappa shape index (κ3) is 2.08. The summed E-state index contributed by atoms with van der Waals surface area (Å²) in [5.74, 6) is 0. The van der Waals surface area contributed by atoms with E-state index in [4.69, 9.17) is 0 Å². The molecule has 3 heteroatoms. The van der Waals surface area contributed by atoms with Crippen molar-refractivity contribution in [1.29, 1.82) is 0 Å². The van der Waals surface area contributed by atoms with E-state index in [1.165, 1.54) is 6.42 Å². The van der Waals surface area contributed by atoms with Crippen molar-refractivity contribution in [2.45, 2.75) is 44.3 Å². The quantitative estimate of drug-likeness (QED) is 0.687. The van der Waals surface area contributed by atoms with Crippen molar-refractivity contribution >= 4 is 0 Å². The minimum atomic E-state index is -0.996. The molecule has 1 saturated carbocycles. The molecule has 1 aromatic rings. The van der Waals surface area contributed by atoms with E-state index in [2.05, 4.69) is 5.10 Å². The highest BCUT2D eigenvalue weighted by atomic mass is 19.1. The molecule has 0 saturated heterocycles. The number of alkyl halides is 1. The Labute approximate surface area is 77.8 Å². The Kier molecular flexibility index (Phi) is 2.34. The fourth-order valence-electron chi connectivity index (χ4n) is 2.03. The van der Waals surface area contributed by atoms with Gasteiger partial charge < -0.3 is 0 Å². The van der Waals surface area contributed by atoms with Crippen LogP contribution >= 0.6 is 0 Å². The van der Waals surface area contributed by atoms with Crippen LogP contribution in [0.1, 0.15) is 32.1 Å². The molecule has 0 aromatic carbocycles. The van der Waals surface area contributed by atoms with Gasteiger partial charge in [0.15, 0.2) is 0 Å². The molecule has 1 heterocycles. The molecule has 13 heavy (non-hydrogen) atoms. The maximum absolute atomic E-state index is 14.1. The molecule has 1 fully saturated rings. The van der Waals surface area contributed by atoms with Crippen LogP contribution < -0.4 is 0 Å². The lowest BCUT2D eigenvalue weighted by atomic mass is 9.86. The van der Waals surface area contributed by atoms with Gasteiger partial charge in [-0.2, -0.15) is 5.10 Å². The zero-order valence-corrected chi connectivity index (χ0v) is 7.75. The second-order valence-corrected chi connectivity index (χ2v) is 3.92. The van der Waals surface area contributed by atoms with E-state index in [0.717, 1.165) is 12.8 Å². The van der Waals surface area contributed by atoms with Crippen molar-refractivity contribution < 1.29 is 4.39 Å². The highest BCUT2D eigenvalue weighted by molar-refractivity contribution is 4.86. The van der Waals surface area contributed by atoms with Crippen molar-refractivity contribution in [2.75, 3.05) is 0 Å². The lowest BCUT2D eigenvalue weighted by Gasteiger charge is -2.29. The second-order valence-electron chi connectivity index (χ2n) is 3.92. The van der Waals surface area contributed by atoms with E-state index in [9.17, 15) is 4.39 Å². The molecule has 72 valence electrons. The van der Waals surface area contributed by atoms with Crippen molar-refractivity contribution in [2.24, 2.45) is 0 Å². The maximum atomic E-state index is 14.1. The molecular weight excluding hydrogens is 167 g/mol. The zero-order valence-electron chi connectivity index (χ0n) is 7.75. The summed E-state index contributed by atoms with van der Waals surface area (Å²) in [6, 6.07) is 1.84. The van der Waals surface area contributed by atoms with Crippen molar-refractivity contribution in [3.8, 4) is 0 Å². The Balaban J connectivity index is 1.99. The molecule has 1 aliphatic carbocycles. The van der Waals surface area contributed by atoms with Gasteiger partial charge in [-0.3, -0.25) is 4.68 Å². The van der Waals surface area contributed by atoms with E-state index in [-0.39, 0.29) is 0 Å². The van der Waals surface area contributed by atoms with Gasteiger partial charge in [0.1, 0.15) is 5.67 Å². The first-order chi connectivity index (χ1) is 6.29. The lowest BCUT2D eigenvalue weighted by molar-refractivity contribution is 0.0815. The van der Waals surface area contributed by atoms with E-state index < -0.39 is 5.67 Å². The predicted octanol–water partition coefficient (Wildman–Crippen LogP) is 2.56. The summed E-state index contributed by atoms with van der Waals surface area (Å²) >= 11 is 0. The highest BCUT2D eigenvalue weighted by Gasteiger charge is 2.32. The minimum Gasteiger partial charge on any atom is -0.270 e. The summed E-state index contributed by atoms with van der Waals surface area (Å²) in [7, 11) is 0. The molecule has 0 bridgehead atoms. The van der Waals surface area contributed by atoms with Crippen LogP contribution in [0, 0.1) is 0 Å². The van der Waals surface area contributed by atoms with Gasteiger partial charge in [-0.1, -0.05) is 19.3 Å². The smallest absolute Gasteiger partial charge is 0.130 e. The number of rotatable bonds is 2. The van der Waals surface area contributed by atoms with Crippen molar-refractivity contribution in [3.63, 3.8) is 0 Å². The van der Waals surface area contributed by atoms with Gasteiger partial charge >= 0.3 is 0 Å². The van der Waals surface area contributed by atoms with Crippen LogP contribution in [0.3, 0.4) is 0 Å². The van der Waals surface area contributed by atoms with Gasteiger partial charge in [0.25, 0.3) is 0 Å².